The van der Waals surface area contributed by atoms with Gasteiger partial charge in [-0.3, -0.25) is 0 Å². The van der Waals surface area contributed by atoms with Crippen LogP contribution in [0.3, 0.4) is 0 Å². The van der Waals surface area contributed by atoms with Crippen LogP contribution >= 0.6 is 0 Å². The summed E-state index contributed by atoms with van der Waals surface area (Å²) in [4.78, 5) is 13.7. The molecule has 1 aliphatic rings. The Kier molecular flexibility index (Phi) is 6.43. The van der Waals surface area contributed by atoms with Crippen molar-refractivity contribution in [1.82, 2.24) is 5.32 Å². The van der Waals surface area contributed by atoms with E-state index in [1.54, 1.807) is 6.07 Å². The molecule has 1 aliphatic heterocycles. The first-order chi connectivity index (χ1) is 17.0. The number of para-hydroxylation sites is 2. The van der Waals surface area contributed by atoms with E-state index in [0.717, 1.165) is 35.7 Å². The minimum absolute atomic E-state index is 0.0107. The maximum absolute atomic E-state index is 11.5. The van der Waals surface area contributed by atoms with Gasteiger partial charge in [-0.25, -0.2) is 4.79 Å². The van der Waals surface area contributed by atoms with E-state index in [0.29, 0.717) is 12.1 Å². The zero-order chi connectivity index (χ0) is 24.4. The SMILES string of the molecule is Cc1cc(N2CC(CCN[C@H](C)c3cccc4ccccc34)Oc3ccccc32)ccc1C(=O)O. The van der Waals surface area contributed by atoms with Crippen molar-refractivity contribution in [1.29, 1.82) is 0 Å². The number of aryl methyl sites for hydroxylation is 1. The minimum Gasteiger partial charge on any atom is -0.486 e. The number of benzene rings is 4. The maximum atomic E-state index is 11.5. The van der Waals surface area contributed by atoms with Crippen molar-refractivity contribution in [3.63, 3.8) is 0 Å². The number of nitrogens with zero attached hydrogens (tertiary/aromatic N) is 1. The van der Waals surface area contributed by atoms with E-state index in [4.69, 9.17) is 4.74 Å². The third-order valence-corrected chi connectivity index (χ3v) is 6.79. The zero-order valence-electron chi connectivity index (χ0n) is 20.1. The fourth-order valence-electron chi connectivity index (χ4n) is 4.95. The number of carboxylic acids is 1. The first-order valence-electron chi connectivity index (χ1n) is 12.1. The van der Waals surface area contributed by atoms with E-state index < -0.39 is 5.97 Å². The van der Waals surface area contributed by atoms with Crippen LogP contribution in [-0.2, 0) is 0 Å². The Hall–Kier alpha value is -3.83. The third-order valence-electron chi connectivity index (χ3n) is 6.79. The van der Waals surface area contributed by atoms with Crippen molar-refractivity contribution in [3.8, 4) is 5.75 Å². The molecule has 0 saturated carbocycles. The van der Waals surface area contributed by atoms with E-state index in [2.05, 4.69) is 59.6 Å². The summed E-state index contributed by atoms with van der Waals surface area (Å²) in [5.41, 5.74) is 4.36. The number of nitrogens with one attached hydrogen (secondary N) is 1. The van der Waals surface area contributed by atoms with Crippen molar-refractivity contribution in [2.45, 2.75) is 32.4 Å². The molecule has 1 unspecified atom stereocenters. The Balaban J connectivity index is 1.30. The van der Waals surface area contributed by atoms with Crippen LogP contribution in [0.4, 0.5) is 11.4 Å². The Labute approximate surface area is 206 Å². The lowest BCUT2D eigenvalue weighted by atomic mass is 9.99. The highest BCUT2D eigenvalue weighted by Crippen LogP contribution is 2.39. The first kappa shape index (κ1) is 22.9. The van der Waals surface area contributed by atoms with Crippen LogP contribution in [0.25, 0.3) is 10.8 Å². The van der Waals surface area contributed by atoms with Crippen molar-refractivity contribution in [2.75, 3.05) is 18.0 Å². The normalized spacial score (nSPS) is 15.9. The molecule has 4 aromatic carbocycles. The summed E-state index contributed by atoms with van der Waals surface area (Å²) in [5, 5.41) is 15.6. The van der Waals surface area contributed by atoms with Crippen molar-refractivity contribution in [2.24, 2.45) is 0 Å². The monoisotopic (exact) mass is 466 g/mol. The summed E-state index contributed by atoms with van der Waals surface area (Å²) >= 11 is 0. The Bertz CT molecular complexity index is 1360. The van der Waals surface area contributed by atoms with Gasteiger partial charge in [-0.05, 0) is 79.0 Å². The Morgan fingerprint density at radius 1 is 1.06 bits per heavy atom. The van der Waals surface area contributed by atoms with Gasteiger partial charge >= 0.3 is 5.97 Å². The molecule has 35 heavy (non-hydrogen) atoms. The molecule has 5 nitrogen and oxygen atoms in total. The number of fused-ring (bicyclic) bond motifs is 2. The number of carbonyl (C=O) groups is 1. The maximum Gasteiger partial charge on any atom is 0.335 e. The standard InChI is InChI=1S/C30H30N2O3/c1-20-18-23(14-15-25(20)30(33)34)32-19-24(35-29-13-6-5-12-28(29)32)16-17-31-21(2)26-11-7-9-22-8-3-4-10-27(22)26/h3-15,18,21,24,31H,16-17,19H2,1-2H3,(H,33,34)/t21-,24?/m1/s1. The van der Waals surface area contributed by atoms with Gasteiger partial charge in [0.15, 0.2) is 0 Å². The van der Waals surface area contributed by atoms with Crippen LogP contribution in [-0.4, -0.2) is 30.3 Å². The van der Waals surface area contributed by atoms with Gasteiger partial charge in [0, 0.05) is 11.7 Å². The molecule has 0 radical (unpaired) electrons. The number of carboxylic acid groups (broad SMARTS) is 1. The predicted octanol–water partition coefficient (Wildman–Crippen LogP) is 6.49. The van der Waals surface area contributed by atoms with Gasteiger partial charge in [-0.1, -0.05) is 54.6 Å². The quantitative estimate of drug-likeness (QED) is 0.326. The molecule has 1 heterocycles. The molecule has 0 bridgehead atoms. The van der Waals surface area contributed by atoms with E-state index in [9.17, 15) is 9.90 Å². The topological polar surface area (TPSA) is 61.8 Å². The molecular weight excluding hydrogens is 436 g/mol. The summed E-state index contributed by atoms with van der Waals surface area (Å²) < 4.78 is 6.36. The first-order valence-corrected chi connectivity index (χ1v) is 12.1. The largest absolute Gasteiger partial charge is 0.486 e. The molecule has 0 saturated heterocycles. The molecule has 2 N–H and O–H groups in total. The molecule has 0 aromatic heterocycles. The number of rotatable bonds is 7. The third kappa shape index (κ3) is 4.73. The lowest BCUT2D eigenvalue weighted by Gasteiger charge is -2.36. The van der Waals surface area contributed by atoms with Crippen LogP contribution < -0.4 is 15.0 Å². The molecule has 2 atom stereocenters. The number of anilines is 2. The summed E-state index contributed by atoms with van der Waals surface area (Å²) in [5.74, 6) is -0.0495. The van der Waals surface area contributed by atoms with E-state index in [-0.39, 0.29) is 12.1 Å². The Morgan fingerprint density at radius 3 is 2.66 bits per heavy atom. The average Bonchev–Trinajstić information content (AvgIpc) is 2.87. The summed E-state index contributed by atoms with van der Waals surface area (Å²) in [6, 6.07) is 28.7. The van der Waals surface area contributed by atoms with Crippen molar-refractivity contribution >= 4 is 28.1 Å². The van der Waals surface area contributed by atoms with E-state index in [1.165, 1.54) is 16.3 Å². The second-order valence-corrected chi connectivity index (χ2v) is 9.16. The predicted molar refractivity (Wildman–Crippen MR) is 141 cm³/mol. The van der Waals surface area contributed by atoms with Crippen molar-refractivity contribution in [3.05, 3.63) is 102 Å². The smallest absolute Gasteiger partial charge is 0.335 e. The van der Waals surface area contributed by atoms with Crippen molar-refractivity contribution < 1.29 is 14.6 Å². The fourth-order valence-corrected chi connectivity index (χ4v) is 4.95. The lowest BCUT2D eigenvalue weighted by Crippen LogP contribution is -2.39. The number of aromatic carboxylic acids is 1. The number of hydrogen-bond donors (Lipinski definition) is 2. The van der Waals surface area contributed by atoms with Gasteiger partial charge in [-0.2, -0.15) is 0 Å². The highest BCUT2D eigenvalue weighted by Gasteiger charge is 2.27. The van der Waals surface area contributed by atoms with Gasteiger partial charge in [0.05, 0.1) is 17.8 Å². The molecule has 4 aromatic rings. The van der Waals surface area contributed by atoms with Crippen LogP contribution in [0, 0.1) is 6.92 Å². The molecule has 5 heteroatoms. The Morgan fingerprint density at radius 2 is 1.83 bits per heavy atom. The molecule has 0 spiro atoms. The van der Waals surface area contributed by atoms with Crippen LogP contribution in [0.5, 0.6) is 5.75 Å². The number of hydrogen-bond acceptors (Lipinski definition) is 4. The summed E-state index contributed by atoms with van der Waals surface area (Å²) in [7, 11) is 0. The van der Waals surface area contributed by atoms with Crippen LogP contribution in [0.15, 0.2) is 84.9 Å². The highest BCUT2D eigenvalue weighted by molar-refractivity contribution is 5.90. The minimum atomic E-state index is -0.902. The molecule has 178 valence electrons. The molecule has 5 rings (SSSR count). The van der Waals surface area contributed by atoms with Gasteiger partial charge < -0.3 is 20.1 Å². The van der Waals surface area contributed by atoms with Gasteiger partial charge in [0.2, 0.25) is 0 Å². The molecule has 0 amide bonds. The lowest BCUT2D eigenvalue weighted by molar-refractivity contribution is 0.0696. The van der Waals surface area contributed by atoms with Crippen LogP contribution in [0.2, 0.25) is 0 Å². The average molecular weight is 467 g/mol. The fraction of sp³-hybridized carbons (Fsp3) is 0.233. The van der Waals surface area contributed by atoms with Gasteiger partial charge in [0.1, 0.15) is 11.9 Å². The molecular formula is C30H30N2O3. The van der Waals surface area contributed by atoms with Gasteiger partial charge in [0.25, 0.3) is 0 Å². The summed E-state index contributed by atoms with van der Waals surface area (Å²) in [6.45, 7) is 5.57. The second-order valence-electron chi connectivity index (χ2n) is 9.16. The van der Waals surface area contributed by atoms with Crippen LogP contribution in [0.1, 0.15) is 40.9 Å². The van der Waals surface area contributed by atoms with E-state index in [1.807, 2.05) is 43.3 Å². The highest BCUT2D eigenvalue weighted by atomic mass is 16.5. The molecule has 0 aliphatic carbocycles. The zero-order valence-corrected chi connectivity index (χ0v) is 20.1. The molecule has 0 fully saturated rings. The summed E-state index contributed by atoms with van der Waals surface area (Å²) in [6.07, 6.45) is 0.864. The number of ether oxygens (including phenoxy) is 1. The van der Waals surface area contributed by atoms with E-state index >= 15 is 0 Å². The van der Waals surface area contributed by atoms with Gasteiger partial charge in [-0.15, -0.1) is 0 Å². The second kappa shape index (κ2) is 9.80.